The number of rotatable bonds is 10. The quantitative estimate of drug-likeness (QED) is 0.386. The van der Waals surface area contributed by atoms with Crippen molar-refractivity contribution in [1.82, 2.24) is 10.2 Å². The number of nitrogens with zero attached hydrogens (tertiary/aromatic N) is 2. The molecule has 1 aliphatic heterocycles. The number of aliphatic imine (C=N–C) groups is 1. The topological polar surface area (TPSA) is 55.3 Å². The first-order chi connectivity index (χ1) is 13.2. The third-order valence-electron chi connectivity index (χ3n) is 4.57. The minimum atomic E-state index is 0.353. The lowest BCUT2D eigenvalue weighted by Crippen LogP contribution is -2.47. The van der Waals surface area contributed by atoms with E-state index in [0.29, 0.717) is 19.3 Å². The molecular formula is C21H35N3O3. The van der Waals surface area contributed by atoms with Gasteiger partial charge in [-0.05, 0) is 45.2 Å². The molecule has 1 saturated heterocycles. The van der Waals surface area contributed by atoms with Gasteiger partial charge in [-0.1, -0.05) is 17.7 Å². The van der Waals surface area contributed by atoms with Crippen molar-refractivity contribution >= 4 is 5.96 Å². The molecule has 6 nitrogen and oxygen atoms in total. The Morgan fingerprint density at radius 2 is 1.89 bits per heavy atom. The molecule has 1 aromatic rings. The SMILES string of the molecule is CCNC(=NCCOc1ccc(C)cc1)N1CCC(OCCCOC)CC1. The number of hydrogen-bond acceptors (Lipinski definition) is 4. The highest BCUT2D eigenvalue weighted by atomic mass is 16.5. The Bertz CT molecular complexity index is 540. The van der Waals surface area contributed by atoms with Crippen molar-refractivity contribution in [3.05, 3.63) is 29.8 Å². The second-order valence-corrected chi connectivity index (χ2v) is 6.80. The second kappa shape index (κ2) is 12.6. The number of piperidine rings is 1. The molecule has 1 aromatic carbocycles. The molecule has 1 fully saturated rings. The van der Waals surface area contributed by atoms with Crippen molar-refractivity contribution in [1.29, 1.82) is 0 Å². The first-order valence-electron chi connectivity index (χ1n) is 10.1. The fraction of sp³-hybridized carbons (Fsp3) is 0.667. The lowest BCUT2D eigenvalue weighted by Gasteiger charge is -2.34. The van der Waals surface area contributed by atoms with Gasteiger partial charge in [0.2, 0.25) is 0 Å². The van der Waals surface area contributed by atoms with Crippen LogP contribution in [0.4, 0.5) is 0 Å². The summed E-state index contributed by atoms with van der Waals surface area (Å²) in [6.45, 7) is 9.75. The Kier molecular flexibility index (Phi) is 10.0. The lowest BCUT2D eigenvalue weighted by molar-refractivity contribution is 0.00990. The van der Waals surface area contributed by atoms with Crippen molar-refractivity contribution in [2.45, 2.75) is 39.2 Å². The fourth-order valence-electron chi connectivity index (χ4n) is 3.06. The number of methoxy groups -OCH3 is 1. The van der Waals surface area contributed by atoms with E-state index in [2.05, 4.69) is 36.2 Å². The van der Waals surface area contributed by atoms with Gasteiger partial charge in [0.05, 0.1) is 12.6 Å². The van der Waals surface area contributed by atoms with Crippen molar-refractivity contribution in [3.8, 4) is 5.75 Å². The molecule has 0 spiro atoms. The van der Waals surface area contributed by atoms with Crippen LogP contribution < -0.4 is 10.1 Å². The second-order valence-electron chi connectivity index (χ2n) is 6.80. The van der Waals surface area contributed by atoms with Gasteiger partial charge in [0.25, 0.3) is 0 Å². The predicted octanol–water partition coefficient (Wildman–Crippen LogP) is 2.86. The smallest absolute Gasteiger partial charge is 0.194 e. The Labute approximate surface area is 163 Å². The first kappa shape index (κ1) is 21.5. The van der Waals surface area contributed by atoms with E-state index in [0.717, 1.165) is 63.8 Å². The molecular weight excluding hydrogens is 342 g/mol. The predicted molar refractivity (Wildman–Crippen MR) is 110 cm³/mol. The molecule has 1 aliphatic rings. The van der Waals surface area contributed by atoms with Crippen LogP contribution in [0.15, 0.2) is 29.3 Å². The van der Waals surface area contributed by atoms with Gasteiger partial charge < -0.3 is 24.4 Å². The van der Waals surface area contributed by atoms with Crippen LogP contribution in [-0.2, 0) is 9.47 Å². The molecule has 0 saturated carbocycles. The summed E-state index contributed by atoms with van der Waals surface area (Å²) >= 11 is 0. The first-order valence-corrected chi connectivity index (χ1v) is 10.1. The lowest BCUT2D eigenvalue weighted by atomic mass is 10.1. The van der Waals surface area contributed by atoms with Crippen LogP contribution in [0.3, 0.4) is 0 Å². The minimum Gasteiger partial charge on any atom is -0.492 e. The van der Waals surface area contributed by atoms with E-state index < -0.39 is 0 Å². The van der Waals surface area contributed by atoms with Crippen LogP contribution in [0.25, 0.3) is 0 Å². The standard InChI is InChI=1S/C21H35N3O3/c1-4-22-21(23-12-17-27-19-8-6-18(2)7-9-19)24-13-10-20(11-14-24)26-16-5-15-25-3/h6-9,20H,4-5,10-17H2,1-3H3,(H,22,23). The van der Waals surface area contributed by atoms with E-state index in [1.54, 1.807) is 7.11 Å². The average molecular weight is 378 g/mol. The Hall–Kier alpha value is -1.79. The van der Waals surface area contributed by atoms with Crippen molar-refractivity contribution in [3.63, 3.8) is 0 Å². The van der Waals surface area contributed by atoms with E-state index >= 15 is 0 Å². The monoisotopic (exact) mass is 377 g/mol. The van der Waals surface area contributed by atoms with Crippen LogP contribution in [0.1, 0.15) is 31.7 Å². The van der Waals surface area contributed by atoms with Crippen molar-refractivity contribution < 1.29 is 14.2 Å². The largest absolute Gasteiger partial charge is 0.492 e. The van der Waals surface area contributed by atoms with E-state index in [9.17, 15) is 0 Å². The van der Waals surface area contributed by atoms with Crippen molar-refractivity contribution in [2.24, 2.45) is 4.99 Å². The highest BCUT2D eigenvalue weighted by Gasteiger charge is 2.21. The summed E-state index contributed by atoms with van der Waals surface area (Å²) < 4.78 is 16.8. The number of aryl methyl sites for hydroxylation is 1. The van der Waals surface area contributed by atoms with Crippen LogP contribution in [-0.4, -0.2) is 70.1 Å². The number of likely N-dealkylation sites (tertiary alicyclic amines) is 1. The zero-order chi connectivity index (χ0) is 19.3. The molecule has 1 N–H and O–H groups in total. The van der Waals surface area contributed by atoms with Gasteiger partial charge >= 0.3 is 0 Å². The Morgan fingerprint density at radius 1 is 1.15 bits per heavy atom. The van der Waals surface area contributed by atoms with E-state index in [1.807, 2.05) is 12.1 Å². The third kappa shape index (κ3) is 8.18. The summed E-state index contributed by atoms with van der Waals surface area (Å²) in [5, 5.41) is 3.40. The van der Waals surface area contributed by atoms with Crippen LogP contribution in [0.2, 0.25) is 0 Å². The van der Waals surface area contributed by atoms with Crippen LogP contribution in [0.5, 0.6) is 5.75 Å². The van der Waals surface area contributed by atoms with Gasteiger partial charge in [0.1, 0.15) is 12.4 Å². The molecule has 2 rings (SSSR count). The zero-order valence-corrected chi connectivity index (χ0v) is 17.1. The number of nitrogens with one attached hydrogen (secondary N) is 1. The third-order valence-corrected chi connectivity index (χ3v) is 4.57. The highest BCUT2D eigenvalue weighted by molar-refractivity contribution is 5.80. The molecule has 6 heteroatoms. The van der Waals surface area contributed by atoms with E-state index in [1.165, 1.54) is 5.56 Å². The molecule has 27 heavy (non-hydrogen) atoms. The Morgan fingerprint density at radius 3 is 2.56 bits per heavy atom. The van der Waals surface area contributed by atoms with Gasteiger partial charge in [-0.15, -0.1) is 0 Å². The molecule has 0 aromatic heterocycles. The molecule has 0 amide bonds. The van der Waals surface area contributed by atoms with Gasteiger partial charge in [-0.25, -0.2) is 4.99 Å². The number of ether oxygens (including phenoxy) is 3. The molecule has 1 heterocycles. The molecule has 0 bridgehead atoms. The maximum atomic E-state index is 5.94. The molecule has 152 valence electrons. The number of guanidine groups is 1. The highest BCUT2D eigenvalue weighted by Crippen LogP contribution is 2.14. The maximum absolute atomic E-state index is 5.94. The van der Waals surface area contributed by atoms with Gasteiger partial charge in [0.15, 0.2) is 5.96 Å². The van der Waals surface area contributed by atoms with Crippen molar-refractivity contribution in [2.75, 3.05) is 53.1 Å². The van der Waals surface area contributed by atoms with Crippen LogP contribution >= 0.6 is 0 Å². The summed E-state index contributed by atoms with van der Waals surface area (Å²) in [5.74, 6) is 1.87. The number of hydrogen-bond donors (Lipinski definition) is 1. The summed E-state index contributed by atoms with van der Waals surface area (Å²) in [6.07, 6.45) is 3.39. The maximum Gasteiger partial charge on any atom is 0.194 e. The van der Waals surface area contributed by atoms with E-state index in [-0.39, 0.29) is 0 Å². The van der Waals surface area contributed by atoms with Crippen LogP contribution in [0, 0.1) is 6.92 Å². The number of benzene rings is 1. The normalized spacial score (nSPS) is 15.8. The molecule has 0 atom stereocenters. The van der Waals surface area contributed by atoms with Gasteiger partial charge in [0, 0.05) is 40.0 Å². The summed E-state index contributed by atoms with van der Waals surface area (Å²) in [5.41, 5.74) is 1.24. The fourth-order valence-corrected chi connectivity index (χ4v) is 3.06. The van der Waals surface area contributed by atoms with Gasteiger partial charge in [-0.3, -0.25) is 0 Å². The minimum absolute atomic E-state index is 0.353. The Balaban J connectivity index is 1.72. The molecule has 0 aliphatic carbocycles. The summed E-state index contributed by atoms with van der Waals surface area (Å²) in [4.78, 5) is 7.05. The molecule has 0 unspecified atom stereocenters. The van der Waals surface area contributed by atoms with E-state index in [4.69, 9.17) is 19.2 Å². The zero-order valence-electron chi connectivity index (χ0n) is 17.1. The average Bonchev–Trinajstić information content (AvgIpc) is 2.69. The molecule has 0 radical (unpaired) electrons. The summed E-state index contributed by atoms with van der Waals surface area (Å²) in [7, 11) is 1.73. The summed E-state index contributed by atoms with van der Waals surface area (Å²) in [6, 6.07) is 8.12. The van der Waals surface area contributed by atoms with Gasteiger partial charge in [-0.2, -0.15) is 0 Å².